The summed E-state index contributed by atoms with van der Waals surface area (Å²) in [4.78, 5) is 4.24. The lowest BCUT2D eigenvalue weighted by atomic mass is 10.2. The number of hydrogen-bond donors (Lipinski definition) is 1. The van der Waals surface area contributed by atoms with Gasteiger partial charge in [-0.15, -0.1) is 11.3 Å². The maximum Gasteiger partial charge on any atom is 0.0795 e. The number of aryl methyl sites for hydroxylation is 1. The van der Waals surface area contributed by atoms with Gasteiger partial charge in [0.25, 0.3) is 0 Å². The smallest absolute Gasteiger partial charge is 0.0795 e. The molecular formula is C12H17N3S. The van der Waals surface area contributed by atoms with Crippen molar-refractivity contribution in [2.75, 3.05) is 0 Å². The van der Waals surface area contributed by atoms with Crippen molar-refractivity contribution < 1.29 is 0 Å². The second kappa shape index (κ2) is 4.80. The topological polar surface area (TPSA) is 29.9 Å². The molecule has 16 heavy (non-hydrogen) atoms. The lowest BCUT2D eigenvalue weighted by Crippen LogP contribution is -2.13. The molecule has 2 aromatic heterocycles. The van der Waals surface area contributed by atoms with Gasteiger partial charge in [0.2, 0.25) is 0 Å². The van der Waals surface area contributed by atoms with E-state index in [1.165, 1.54) is 17.0 Å². The van der Waals surface area contributed by atoms with E-state index in [0.29, 0.717) is 0 Å². The van der Waals surface area contributed by atoms with Crippen LogP contribution in [0, 0.1) is 13.8 Å². The van der Waals surface area contributed by atoms with Crippen molar-refractivity contribution in [3.8, 4) is 0 Å². The highest BCUT2D eigenvalue weighted by Crippen LogP contribution is 2.12. The van der Waals surface area contributed by atoms with Gasteiger partial charge in [-0.1, -0.05) is 0 Å². The van der Waals surface area contributed by atoms with Crippen molar-refractivity contribution >= 4 is 11.3 Å². The number of aromatic nitrogens is 2. The van der Waals surface area contributed by atoms with E-state index in [2.05, 4.69) is 47.2 Å². The predicted octanol–water partition coefficient (Wildman–Crippen LogP) is 2.39. The molecular weight excluding hydrogens is 218 g/mol. The van der Waals surface area contributed by atoms with Crippen LogP contribution in [0.15, 0.2) is 17.0 Å². The number of thiazole rings is 1. The summed E-state index contributed by atoms with van der Waals surface area (Å²) in [6.07, 6.45) is 0. The maximum absolute atomic E-state index is 4.24. The average molecular weight is 235 g/mol. The Kier molecular flexibility index (Phi) is 3.41. The van der Waals surface area contributed by atoms with Crippen molar-refractivity contribution in [2.24, 2.45) is 7.05 Å². The Bertz CT molecular complexity index is 457. The van der Waals surface area contributed by atoms with Crippen molar-refractivity contribution in [2.45, 2.75) is 26.9 Å². The van der Waals surface area contributed by atoms with E-state index in [1.807, 2.05) is 5.51 Å². The van der Waals surface area contributed by atoms with Crippen LogP contribution in [0.4, 0.5) is 0 Å². The van der Waals surface area contributed by atoms with Gasteiger partial charge in [0.1, 0.15) is 0 Å². The van der Waals surface area contributed by atoms with Gasteiger partial charge in [0.15, 0.2) is 0 Å². The van der Waals surface area contributed by atoms with Crippen LogP contribution in [0.3, 0.4) is 0 Å². The van der Waals surface area contributed by atoms with Gasteiger partial charge in [-0.25, -0.2) is 4.98 Å². The Labute approximate surface area is 100 Å². The zero-order valence-corrected chi connectivity index (χ0v) is 10.8. The minimum Gasteiger partial charge on any atom is -0.352 e. The highest BCUT2D eigenvalue weighted by Gasteiger charge is 2.05. The average Bonchev–Trinajstić information content (AvgIpc) is 2.85. The van der Waals surface area contributed by atoms with Crippen LogP contribution < -0.4 is 5.32 Å². The van der Waals surface area contributed by atoms with Crippen LogP contribution in [0.25, 0.3) is 0 Å². The summed E-state index contributed by atoms with van der Waals surface area (Å²) in [5.74, 6) is 0. The lowest BCUT2D eigenvalue weighted by molar-refractivity contribution is 0.677. The Hall–Kier alpha value is -1.13. The van der Waals surface area contributed by atoms with E-state index in [-0.39, 0.29) is 0 Å². The molecule has 0 aliphatic carbocycles. The Morgan fingerprint density at radius 3 is 2.75 bits per heavy atom. The quantitative estimate of drug-likeness (QED) is 0.882. The molecule has 0 saturated heterocycles. The number of nitrogens with one attached hydrogen (secondary N) is 1. The van der Waals surface area contributed by atoms with Crippen LogP contribution in [-0.2, 0) is 20.1 Å². The SMILES string of the molecule is Cc1cc(CNCc2cscn2)c(C)n1C. The van der Waals surface area contributed by atoms with E-state index in [0.717, 1.165) is 18.8 Å². The molecule has 0 fully saturated rings. The summed E-state index contributed by atoms with van der Waals surface area (Å²) in [6, 6.07) is 2.24. The molecule has 0 aromatic carbocycles. The van der Waals surface area contributed by atoms with Crippen LogP contribution in [0.2, 0.25) is 0 Å². The van der Waals surface area contributed by atoms with Crippen LogP contribution >= 0.6 is 11.3 Å². The Morgan fingerprint density at radius 1 is 1.38 bits per heavy atom. The molecule has 86 valence electrons. The molecule has 0 aliphatic heterocycles. The minimum atomic E-state index is 0.844. The number of rotatable bonds is 4. The molecule has 0 saturated carbocycles. The molecule has 0 radical (unpaired) electrons. The normalized spacial score (nSPS) is 10.9. The molecule has 2 heterocycles. The summed E-state index contributed by atoms with van der Waals surface area (Å²) in [6.45, 7) is 6.05. The third-order valence-corrected chi connectivity index (χ3v) is 3.62. The van der Waals surface area contributed by atoms with Crippen molar-refractivity contribution in [3.05, 3.63) is 39.6 Å². The number of nitrogens with zero attached hydrogens (tertiary/aromatic N) is 2. The second-order valence-corrected chi connectivity index (χ2v) is 4.76. The fourth-order valence-corrected chi connectivity index (χ4v) is 2.32. The van der Waals surface area contributed by atoms with E-state index in [4.69, 9.17) is 0 Å². The van der Waals surface area contributed by atoms with Crippen molar-refractivity contribution in [3.63, 3.8) is 0 Å². The fraction of sp³-hybridized carbons (Fsp3) is 0.417. The highest BCUT2D eigenvalue weighted by molar-refractivity contribution is 7.07. The molecule has 1 N–H and O–H groups in total. The Balaban J connectivity index is 1.92. The van der Waals surface area contributed by atoms with E-state index < -0.39 is 0 Å². The zero-order valence-electron chi connectivity index (χ0n) is 9.95. The summed E-state index contributed by atoms with van der Waals surface area (Å²) < 4.78 is 2.22. The molecule has 0 unspecified atom stereocenters. The minimum absolute atomic E-state index is 0.844. The fourth-order valence-electron chi connectivity index (χ4n) is 1.76. The summed E-state index contributed by atoms with van der Waals surface area (Å²) in [5, 5.41) is 5.50. The zero-order chi connectivity index (χ0) is 11.5. The molecule has 2 aromatic rings. The monoisotopic (exact) mass is 235 g/mol. The van der Waals surface area contributed by atoms with Crippen LogP contribution in [0.5, 0.6) is 0 Å². The van der Waals surface area contributed by atoms with Gasteiger partial charge in [-0.3, -0.25) is 0 Å². The summed E-state index contributed by atoms with van der Waals surface area (Å²) >= 11 is 1.64. The maximum atomic E-state index is 4.24. The molecule has 0 amide bonds. The van der Waals surface area contributed by atoms with Gasteiger partial charge >= 0.3 is 0 Å². The first-order valence-corrected chi connectivity index (χ1v) is 6.32. The third kappa shape index (κ3) is 2.33. The largest absolute Gasteiger partial charge is 0.352 e. The molecule has 3 nitrogen and oxygen atoms in total. The molecule has 0 aliphatic rings. The van der Waals surface area contributed by atoms with E-state index in [1.54, 1.807) is 11.3 Å². The first-order chi connectivity index (χ1) is 7.68. The molecule has 2 rings (SSSR count). The van der Waals surface area contributed by atoms with Gasteiger partial charge in [-0.2, -0.15) is 0 Å². The van der Waals surface area contributed by atoms with Gasteiger partial charge in [0, 0.05) is 36.9 Å². The van der Waals surface area contributed by atoms with E-state index >= 15 is 0 Å². The molecule has 4 heteroatoms. The van der Waals surface area contributed by atoms with Crippen LogP contribution in [0.1, 0.15) is 22.6 Å². The summed E-state index contributed by atoms with van der Waals surface area (Å²) in [5.41, 5.74) is 7.01. The first-order valence-electron chi connectivity index (χ1n) is 5.38. The molecule has 0 atom stereocenters. The predicted molar refractivity (Wildman–Crippen MR) is 67.5 cm³/mol. The summed E-state index contributed by atoms with van der Waals surface area (Å²) in [7, 11) is 2.11. The van der Waals surface area contributed by atoms with Gasteiger partial charge < -0.3 is 9.88 Å². The van der Waals surface area contributed by atoms with Crippen molar-refractivity contribution in [1.82, 2.24) is 14.9 Å². The standard InChI is InChI=1S/C12H17N3S/c1-9-4-11(10(2)15(9)3)5-13-6-12-7-16-8-14-12/h4,7-8,13H,5-6H2,1-3H3. The first kappa shape index (κ1) is 11.4. The molecule has 0 spiro atoms. The Morgan fingerprint density at radius 2 is 2.19 bits per heavy atom. The van der Waals surface area contributed by atoms with Gasteiger partial charge in [0.05, 0.1) is 11.2 Å². The molecule has 0 bridgehead atoms. The lowest BCUT2D eigenvalue weighted by Gasteiger charge is -2.03. The van der Waals surface area contributed by atoms with E-state index in [9.17, 15) is 0 Å². The second-order valence-electron chi connectivity index (χ2n) is 4.04. The van der Waals surface area contributed by atoms with Gasteiger partial charge in [-0.05, 0) is 25.5 Å². The third-order valence-electron chi connectivity index (χ3n) is 2.99. The van der Waals surface area contributed by atoms with Crippen LogP contribution in [-0.4, -0.2) is 9.55 Å². The van der Waals surface area contributed by atoms with Crippen molar-refractivity contribution in [1.29, 1.82) is 0 Å². The highest BCUT2D eigenvalue weighted by atomic mass is 32.1. The number of hydrogen-bond acceptors (Lipinski definition) is 3.